The van der Waals surface area contributed by atoms with E-state index in [0.717, 1.165) is 35.7 Å². The standard InChI is InChI=1S/C27H25N3O4S/c1-17-7-9-18(10-8-17)25(31)29-23-21-12-11-20(28-26(21)35-24(23)27(32)33-2)16-30-13-14-34-22-6-4-3-5-19(22)15-30/h3-12H,13-16H2,1-2H3,(H,29,31). The van der Waals surface area contributed by atoms with Crippen molar-refractivity contribution < 1.29 is 19.1 Å². The van der Waals surface area contributed by atoms with Crippen molar-refractivity contribution in [3.63, 3.8) is 0 Å². The first-order valence-corrected chi connectivity index (χ1v) is 12.2. The molecule has 0 atom stereocenters. The number of carbonyl (C=O) groups is 2. The number of rotatable bonds is 5. The van der Waals surface area contributed by atoms with E-state index in [-0.39, 0.29) is 5.91 Å². The van der Waals surface area contributed by atoms with Crippen LogP contribution in [-0.2, 0) is 17.8 Å². The minimum atomic E-state index is -0.505. The van der Waals surface area contributed by atoms with E-state index in [1.54, 1.807) is 12.1 Å². The molecule has 1 aliphatic heterocycles. The fourth-order valence-corrected chi connectivity index (χ4v) is 5.17. The number of para-hydroxylation sites is 1. The van der Waals surface area contributed by atoms with Crippen LogP contribution in [0.25, 0.3) is 10.2 Å². The molecule has 4 aromatic rings. The monoisotopic (exact) mass is 487 g/mol. The van der Waals surface area contributed by atoms with Crippen LogP contribution >= 0.6 is 11.3 Å². The fraction of sp³-hybridized carbons (Fsp3) is 0.222. The van der Waals surface area contributed by atoms with E-state index in [9.17, 15) is 9.59 Å². The van der Waals surface area contributed by atoms with E-state index >= 15 is 0 Å². The number of thiophene rings is 1. The van der Waals surface area contributed by atoms with E-state index in [4.69, 9.17) is 14.5 Å². The quantitative estimate of drug-likeness (QED) is 0.398. The molecular weight excluding hydrogens is 462 g/mol. The Balaban J connectivity index is 1.42. The van der Waals surface area contributed by atoms with Gasteiger partial charge >= 0.3 is 5.97 Å². The predicted molar refractivity (Wildman–Crippen MR) is 136 cm³/mol. The average Bonchev–Trinajstić information content (AvgIpc) is 3.08. The van der Waals surface area contributed by atoms with Crippen molar-refractivity contribution in [3.8, 4) is 5.75 Å². The van der Waals surface area contributed by atoms with Crippen LogP contribution in [0.15, 0.2) is 60.7 Å². The van der Waals surface area contributed by atoms with Crippen molar-refractivity contribution in [2.45, 2.75) is 20.0 Å². The topological polar surface area (TPSA) is 80.8 Å². The second-order valence-corrected chi connectivity index (χ2v) is 9.44. The lowest BCUT2D eigenvalue weighted by Crippen LogP contribution is -2.25. The highest BCUT2D eigenvalue weighted by Gasteiger charge is 2.23. The Kier molecular flexibility index (Phi) is 6.48. The van der Waals surface area contributed by atoms with Gasteiger partial charge in [-0.25, -0.2) is 9.78 Å². The van der Waals surface area contributed by atoms with Crippen LogP contribution in [0.2, 0.25) is 0 Å². The molecule has 0 fully saturated rings. The zero-order valence-corrected chi connectivity index (χ0v) is 20.4. The molecule has 3 heterocycles. The smallest absolute Gasteiger partial charge is 0.350 e. The van der Waals surface area contributed by atoms with Crippen LogP contribution in [0.1, 0.15) is 36.9 Å². The Morgan fingerprint density at radius 3 is 2.71 bits per heavy atom. The molecule has 5 rings (SSSR count). The number of aromatic nitrogens is 1. The third kappa shape index (κ3) is 4.89. The molecule has 0 spiro atoms. The number of hydrogen-bond acceptors (Lipinski definition) is 7. The molecule has 35 heavy (non-hydrogen) atoms. The van der Waals surface area contributed by atoms with E-state index in [0.29, 0.717) is 39.5 Å². The average molecular weight is 488 g/mol. The maximum absolute atomic E-state index is 12.9. The Hall–Kier alpha value is -3.75. The van der Waals surface area contributed by atoms with Crippen molar-refractivity contribution in [2.24, 2.45) is 0 Å². The molecular formula is C27H25N3O4S. The number of hydrogen-bond donors (Lipinski definition) is 1. The number of carbonyl (C=O) groups excluding carboxylic acids is 2. The second-order valence-electron chi connectivity index (χ2n) is 8.44. The maximum Gasteiger partial charge on any atom is 0.350 e. The number of fused-ring (bicyclic) bond motifs is 2. The summed E-state index contributed by atoms with van der Waals surface area (Å²) in [5.41, 5.74) is 4.04. The van der Waals surface area contributed by atoms with Gasteiger partial charge in [-0.2, -0.15) is 0 Å². The number of esters is 1. The third-order valence-corrected chi connectivity index (χ3v) is 7.03. The van der Waals surface area contributed by atoms with Gasteiger partial charge in [0.15, 0.2) is 0 Å². The number of amides is 1. The zero-order chi connectivity index (χ0) is 24.4. The third-order valence-electron chi connectivity index (χ3n) is 5.95. The van der Waals surface area contributed by atoms with Crippen molar-refractivity contribution in [1.29, 1.82) is 0 Å². The number of nitrogens with zero attached hydrogens (tertiary/aromatic N) is 2. The van der Waals surface area contributed by atoms with E-state index < -0.39 is 5.97 Å². The molecule has 0 bridgehead atoms. The molecule has 1 N–H and O–H groups in total. The van der Waals surface area contributed by atoms with Crippen LogP contribution in [-0.4, -0.2) is 42.0 Å². The fourth-order valence-electron chi connectivity index (χ4n) is 4.10. The maximum atomic E-state index is 12.9. The molecule has 8 heteroatoms. The molecule has 2 aromatic carbocycles. The normalized spacial score (nSPS) is 13.5. The largest absolute Gasteiger partial charge is 0.492 e. The highest BCUT2D eigenvalue weighted by atomic mass is 32.1. The summed E-state index contributed by atoms with van der Waals surface area (Å²) in [6, 6.07) is 19.2. The first-order valence-electron chi connectivity index (χ1n) is 11.3. The van der Waals surface area contributed by atoms with Crippen LogP contribution in [0.3, 0.4) is 0 Å². The summed E-state index contributed by atoms with van der Waals surface area (Å²) >= 11 is 1.22. The van der Waals surface area contributed by atoms with Crippen molar-refractivity contribution >= 4 is 39.1 Å². The van der Waals surface area contributed by atoms with Gasteiger partial charge < -0.3 is 14.8 Å². The summed E-state index contributed by atoms with van der Waals surface area (Å²) in [4.78, 5) is 33.5. The van der Waals surface area contributed by atoms with Crippen LogP contribution in [0, 0.1) is 6.92 Å². The molecule has 0 saturated carbocycles. The number of methoxy groups -OCH3 is 1. The van der Waals surface area contributed by atoms with Crippen LogP contribution in [0.5, 0.6) is 5.75 Å². The van der Waals surface area contributed by atoms with Gasteiger partial charge in [0, 0.05) is 36.1 Å². The van der Waals surface area contributed by atoms with Gasteiger partial charge in [0.25, 0.3) is 5.91 Å². The highest BCUT2D eigenvalue weighted by molar-refractivity contribution is 7.21. The summed E-state index contributed by atoms with van der Waals surface area (Å²) in [6.45, 7) is 4.77. The summed E-state index contributed by atoms with van der Waals surface area (Å²) in [7, 11) is 1.33. The first kappa shape index (κ1) is 23.0. The molecule has 178 valence electrons. The molecule has 1 amide bonds. The van der Waals surface area contributed by atoms with Gasteiger partial charge in [0.05, 0.1) is 18.5 Å². The number of aryl methyl sites for hydroxylation is 1. The minimum Gasteiger partial charge on any atom is -0.492 e. The minimum absolute atomic E-state index is 0.290. The van der Waals surface area contributed by atoms with Crippen LogP contribution in [0.4, 0.5) is 5.69 Å². The summed E-state index contributed by atoms with van der Waals surface area (Å²) < 4.78 is 10.9. The molecule has 0 saturated heterocycles. The molecule has 0 unspecified atom stereocenters. The number of ether oxygens (including phenoxy) is 2. The van der Waals surface area contributed by atoms with Gasteiger partial charge in [-0.05, 0) is 37.3 Å². The SMILES string of the molecule is COC(=O)c1sc2nc(CN3CCOc4ccccc4C3)ccc2c1NC(=O)c1ccc(C)cc1. The lowest BCUT2D eigenvalue weighted by atomic mass is 10.1. The molecule has 7 nitrogen and oxygen atoms in total. The van der Waals surface area contributed by atoms with E-state index in [1.165, 1.54) is 18.4 Å². The van der Waals surface area contributed by atoms with Gasteiger partial charge in [-0.3, -0.25) is 9.69 Å². The zero-order valence-electron chi connectivity index (χ0n) is 19.5. The van der Waals surface area contributed by atoms with Crippen molar-refractivity contribution in [3.05, 3.63) is 87.9 Å². The first-order chi connectivity index (χ1) is 17.0. The lowest BCUT2D eigenvalue weighted by Gasteiger charge is -2.18. The Labute approximate surface area is 207 Å². The highest BCUT2D eigenvalue weighted by Crippen LogP contribution is 2.36. The Bertz CT molecular complexity index is 1400. The number of pyridine rings is 1. The number of nitrogens with one attached hydrogen (secondary N) is 1. The van der Waals surface area contributed by atoms with Gasteiger partial charge in [0.1, 0.15) is 22.1 Å². The predicted octanol–water partition coefficient (Wildman–Crippen LogP) is 5.04. The number of anilines is 1. The molecule has 0 radical (unpaired) electrons. The van der Waals surface area contributed by atoms with Gasteiger partial charge in [0.2, 0.25) is 0 Å². The Morgan fingerprint density at radius 2 is 1.91 bits per heavy atom. The van der Waals surface area contributed by atoms with Gasteiger partial charge in [-0.1, -0.05) is 35.9 Å². The molecule has 1 aliphatic rings. The lowest BCUT2D eigenvalue weighted by molar-refractivity contribution is 0.0607. The van der Waals surface area contributed by atoms with Crippen molar-refractivity contribution in [2.75, 3.05) is 25.6 Å². The molecule has 0 aliphatic carbocycles. The summed E-state index contributed by atoms with van der Waals surface area (Å²) in [5.74, 6) is 0.130. The van der Waals surface area contributed by atoms with E-state index in [1.807, 2.05) is 49.4 Å². The van der Waals surface area contributed by atoms with E-state index in [2.05, 4.69) is 16.3 Å². The summed E-state index contributed by atoms with van der Waals surface area (Å²) in [5, 5.41) is 3.62. The Morgan fingerprint density at radius 1 is 1.11 bits per heavy atom. The summed E-state index contributed by atoms with van der Waals surface area (Å²) in [6.07, 6.45) is 0. The van der Waals surface area contributed by atoms with Gasteiger partial charge in [-0.15, -0.1) is 11.3 Å². The number of benzene rings is 2. The second kappa shape index (κ2) is 9.85. The molecule has 2 aromatic heterocycles. The van der Waals surface area contributed by atoms with Crippen LogP contribution < -0.4 is 10.1 Å². The van der Waals surface area contributed by atoms with Crippen molar-refractivity contribution in [1.82, 2.24) is 9.88 Å².